The van der Waals surface area contributed by atoms with Crippen molar-refractivity contribution in [3.63, 3.8) is 0 Å². The first kappa shape index (κ1) is 27.2. The van der Waals surface area contributed by atoms with Crippen molar-refractivity contribution < 1.29 is 19.8 Å². The van der Waals surface area contributed by atoms with E-state index in [0.29, 0.717) is 0 Å². The van der Waals surface area contributed by atoms with Gasteiger partial charge in [0, 0.05) is 12.6 Å². The summed E-state index contributed by atoms with van der Waals surface area (Å²) in [6, 6.07) is 8.76. The highest BCUT2D eigenvalue weighted by Gasteiger charge is 2.30. The van der Waals surface area contributed by atoms with E-state index in [1.807, 2.05) is 14.0 Å². The number of carboxylic acid groups (broad SMARTS) is 2. The molecule has 1 aromatic rings. The zero-order valence-corrected chi connectivity index (χ0v) is 19.8. The first-order valence-corrected chi connectivity index (χ1v) is 12.1. The highest BCUT2D eigenvalue weighted by molar-refractivity contribution is 5.92. The van der Waals surface area contributed by atoms with Crippen LogP contribution >= 0.6 is 0 Å². The Morgan fingerprint density at radius 2 is 1.29 bits per heavy atom. The molecule has 0 saturated heterocycles. The predicted molar refractivity (Wildman–Crippen MR) is 127 cm³/mol. The lowest BCUT2D eigenvalue weighted by Crippen LogP contribution is -2.38. The van der Waals surface area contributed by atoms with Crippen LogP contribution in [0.5, 0.6) is 0 Å². The Labute approximate surface area is 188 Å². The highest BCUT2D eigenvalue weighted by atomic mass is 16.4. The Morgan fingerprint density at radius 1 is 0.806 bits per heavy atom. The van der Waals surface area contributed by atoms with Crippen LogP contribution in [0.25, 0.3) is 0 Å². The molecule has 1 aromatic carbocycles. The Hall–Kier alpha value is -1.88. The summed E-state index contributed by atoms with van der Waals surface area (Å²) >= 11 is 0. The largest absolute Gasteiger partial charge is 0.481 e. The van der Waals surface area contributed by atoms with Crippen LogP contribution in [0.15, 0.2) is 24.3 Å². The molecule has 176 valence electrons. The molecular formula is C26H43NO4. The molecule has 5 heteroatoms. The number of aliphatic carboxylic acids is 2. The second-order valence-electron chi connectivity index (χ2n) is 8.80. The van der Waals surface area contributed by atoms with Gasteiger partial charge < -0.3 is 15.1 Å². The van der Waals surface area contributed by atoms with E-state index in [0.717, 1.165) is 25.8 Å². The van der Waals surface area contributed by atoms with Gasteiger partial charge in [-0.3, -0.25) is 9.59 Å². The van der Waals surface area contributed by atoms with Gasteiger partial charge in [0.05, 0.1) is 0 Å². The molecule has 1 rings (SSSR count). The smallest absolute Gasteiger partial charge is 0.317 e. The molecule has 5 nitrogen and oxygen atoms in total. The summed E-state index contributed by atoms with van der Waals surface area (Å²) in [6.45, 7) is 5.01. The third-order valence-electron chi connectivity index (χ3n) is 6.29. The number of carboxylic acids is 2. The Bertz CT molecular complexity index is 615. The van der Waals surface area contributed by atoms with Crippen molar-refractivity contribution in [2.75, 3.05) is 13.6 Å². The summed E-state index contributed by atoms with van der Waals surface area (Å²) in [5.41, 5.74) is 2.65. The molecule has 0 aliphatic heterocycles. The molecule has 0 radical (unpaired) electrons. The number of carbonyl (C=O) groups is 2. The third-order valence-corrected chi connectivity index (χ3v) is 6.29. The van der Waals surface area contributed by atoms with E-state index < -0.39 is 17.9 Å². The summed E-state index contributed by atoms with van der Waals surface area (Å²) in [4.78, 5) is 24.5. The first-order valence-electron chi connectivity index (χ1n) is 12.1. The molecule has 0 saturated carbocycles. The predicted octanol–water partition coefficient (Wildman–Crippen LogP) is 5.80. The van der Waals surface area contributed by atoms with Gasteiger partial charge in [-0.1, -0.05) is 83.1 Å². The van der Waals surface area contributed by atoms with Gasteiger partial charge in [0.15, 0.2) is 5.92 Å². The molecule has 2 N–H and O–H groups in total. The van der Waals surface area contributed by atoms with Gasteiger partial charge in [0.2, 0.25) is 0 Å². The van der Waals surface area contributed by atoms with Crippen molar-refractivity contribution in [3.8, 4) is 0 Å². The average Bonchev–Trinajstić information content (AvgIpc) is 2.75. The molecule has 1 atom stereocenters. The number of unbranched alkanes of at least 4 members (excludes halogenated alkanes) is 7. The normalized spacial score (nSPS) is 12.4. The van der Waals surface area contributed by atoms with Crippen LogP contribution in [0.2, 0.25) is 0 Å². The van der Waals surface area contributed by atoms with Gasteiger partial charge in [0.25, 0.3) is 0 Å². The van der Waals surface area contributed by atoms with E-state index >= 15 is 0 Å². The molecule has 0 bridgehead atoms. The quantitative estimate of drug-likeness (QED) is 0.226. The van der Waals surface area contributed by atoms with Crippen LogP contribution in [-0.2, 0) is 22.4 Å². The highest BCUT2D eigenvalue weighted by Crippen LogP contribution is 2.17. The van der Waals surface area contributed by atoms with Crippen LogP contribution in [-0.4, -0.2) is 46.7 Å². The molecule has 0 fully saturated rings. The molecule has 0 aliphatic carbocycles. The van der Waals surface area contributed by atoms with E-state index in [4.69, 9.17) is 10.2 Å². The lowest BCUT2D eigenvalue weighted by molar-refractivity contribution is -0.155. The number of benzene rings is 1. The maximum atomic E-state index is 11.2. The summed E-state index contributed by atoms with van der Waals surface area (Å²) in [6.07, 6.45) is 13.6. The lowest BCUT2D eigenvalue weighted by Gasteiger charge is -2.28. The number of aryl methyl sites for hydroxylation is 1. The van der Waals surface area contributed by atoms with Crippen LogP contribution in [0.1, 0.15) is 89.2 Å². The SMILES string of the molecule is CCCCCCCCCCc1ccc(CCN(C)C(CC)CC(C(=O)O)C(=O)O)cc1. The molecule has 0 amide bonds. The molecule has 0 spiro atoms. The van der Waals surface area contributed by atoms with E-state index in [1.54, 1.807) is 0 Å². The zero-order valence-electron chi connectivity index (χ0n) is 19.8. The van der Waals surface area contributed by atoms with Crippen LogP contribution in [0.3, 0.4) is 0 Å². The van der Waals surface area contributed by atoms with Gasteiger partial charge >= 0.3 is 11.9 Å². The molecule has 31 heavy (non-hydrogen) atoms. The topological polar surface area (TPSA) is 77.8 Å². The van der Waals surface area contributed by atoms with Gasteiger partial charge in [-0.25, -0.2) is 0 Å². The summed E-state index contributed by atoms with van der Waals surface area (Å²) < 4.78 is 0. The minimum absolute atomic E-state index is 0.0570. The van der Waals surface area contributed by atoms with Crippen LogP contribution < -0.4 is 0 Å². The minimum Gasteiger partial charge on any atom is -0.481 e. The number of rotatable bonds is 18. The van der Waals surface area contributed by atoms with Crippen molar-refractivity contribution in [2.24, 2.45) is 5.92 Å². The summed E-state index contributed by atoms with van der Waals surface area (Å²) in [7, 11) is 1.95. The third kappa shape index (κ3) is 11.3. The van der Waals surface area contributed by atoms with E-state index in [9.17, 15) is 9.59 Å². The maximum absolute atomic E-state index is 11.2. The average molecular weight is 434 g/mol. The van der Waals surface area contributed by atoms with Crippen molar-refractivity contribution in [1.82, 2.24) is 4.90 Å². The first-order chi connectivity index (χ1) is 14.9. The minimum atomic E-state index is -1.34. The summed E-state index contributed by atoms with van der Waals surface area (Å²) in [5.74, 6) is -3.86. The fourth-order valence-electron chi connectivity index (χ4n) is 4.06. The molecule has 1 unspecified atom stereocenters. The lowest BCUT2D eigenvalue weighted by atomic mass is 9.97. The number of hydrogen-bond donors (Lipinski definition) is 2. The van der Waals surface area contributed by atoms with Crippen LogP contribution in [0, 0.1) is 5.92 Å². The second-order valence-corrected chi connectivity index (χ2v) is 8.80. The van der Waals surface area contributed by atoms with Gasteiger partial charge in [-0.05, 0) is 50.3 Å². The Kier molecular flexibility index (Phi) is 13.9. The van der Waals surface area contributed by atoms with Gasteiger partial charge in [-0.15, -0.1) is 0 Å². The Balaban J connectivity index is 2.35. The van der Waals surface area contributed by atoms with Crippen molar-refractivity contribution in [1.29, 1.82) is 0 Å². The molecule has 0 heterocycles. The number of likely N-dealkylation sites (N-methyl/N-ethyl adjacent to an activating group) is 1. The van der Waals surface area contributed by atoms with E-state index in [1.165, 1.54) is 62.5 Å². The maximum Gasteiger partial charge on any atom is 0.317 e. The van der Waals surface area contributed by atoms with Gasteiger partial charge in [0.1, 0.15) is 0 Å². The zero-order chi connectivity index (χ0) is 23.1. The second kappa shape index (κ2) is 15.9. The standard InChI is InChI=1S/C26H43NO4/c1-4-6-7-8-9-10-11-12-13-21-14-16-22(17-15-21)18-19-27(3)23(5-2)20-24(25(28)29)26(30)31/h14-17,23-24H,4-13,18-20H2,1-3H3,(H,28,29)(H,30,31). The number of nitrogens with zero attached hydrogens (tertiary/aromatic N) is 1. The fourth-order valence-corrected chi connectivity index (χ4v) is 4.06. The van der Waals surface area contributed by atoms with Crippen molar-refractivity contribution >= 4 is 11.9 Å². The number of hydrogen-bond acceptors (Lipinski definition) is 3. The van der Waals surface area contributed by atoms with Crippen LogP contribution in [0.4, 0.5) is 0 Å². The van der Waals surface area contributed by atoms with Crippen molar-refractivity contribution in [2.45, 2.75) is 96.9 Å². The molecular weight excluding hydrogens is 390 g/mol. The van der Waals surface area contributed by atoms with E-state index in [-0.39, 0.29) is 12.5 Å². The van der Waals surface area contributed by atoms with Crippen molar-refractivity contribution in [3.05, 3.63) is 35.4 Å². The van der Waals surface area contributed by atoms with Gasteiger partial charge in [-0.2, -0.15) is 0 Å². The fraction of sp³-hybridized carbons (Fsp3) is 0.692. The molecule has 0 aromatic heterocycles. The summed E-state index contributed by atoms with van der Waals surface area (Å²) in [5, 5.41) is 18.3. The Morgan fingerprint density at radius 3 is 1.77 bits per heavy atom. The monoisotopic (exact) mass is 433 g/mol. The molecule has 0 aliphatic rings. The van der Waals surface area contributed by atoms with E-state index in [2.05, 4.69) is 36.1 Å².